The monoisotopic (exact) mass is 382 g/mol. The minimum absolute atomic E-state index is 0. The van der Waals surface area contributed by atoms with Crippen molar-refractivity contribution in [2.45, 2.75) is 46.5 Å². The van der Waals surface area contributed by atoms with Crippen LogP contribution in [0.4, 0.5) is 0 Å². The number of carbonyl (C=O) groups is 2. The Bertz CT molecular complexity index is 392. The summed E-state index contributed by atoms with van der Waals surface area (Å²) in [6.07, 6.45) is 8.02. The van der Waals surface area contributed by atoms with Crippen molar-refractivity contribution in [2.24, 2.45) is 11.8 Å². The number of unbranched alkanes of at least 4 members (excludes halogenated alkanes) is 2. The molecule has 6 nitrogen and oxygen atoms in total. The van der Waals surface area contributed by atoms with E-state index >= 15 is 0 Å². The second-order valence-corrected chi connectivity index (χ2v) is 6.71. The summed E-state index contributed by atoms with van der Waals surface area (Å²) in [5.41, 5.74) is 0. The maximum absolute atomic E-state index is 11.2. The topological polar surface area (TPSA) is 97.7 Å². The van der Waals surface area contributed by atoms with Crippen molar-refractivity contribution in [3.63, 3.8) is 0 Å². The molecule has 3 atom stereocenters. The number of quaternary nitrogens is 1. The van der Waals surface area contributed by atoms with E-state index in [4.69, 9.17) is 0 Å². The number of carboxylic acid groups (broad SMARTS) is 2. The zero-order valence-corrected chi connectivity index (χ0v) is 19.4. The molecule has 0 amide bonds. The summed E-state index contributed by atoms with van der Waals surface area (Å²) in [6, 6.07) is 0. The Balaban J connectivity index is 0. The van der Waals surface area contributed by atoms with Crippen LogP contribution in [0.5, 0.6) is 0 Å². The van der Waals surface area contributed by atoms with Gasteiger partial charge in [-0.15, -0.1) is 0 Å². The zero-order valence-electron chi connectivity index (χ0n) is 16.2. The van der Waals surface area contributed by atoms with Crippen LogP contribution in [0.2, 0.25) is 0 Å². The molecule has 0 aliphatic carbocycles. The molecular formula is C18H33KNO5+. The molecule has 7 heteroatoms. The molecule has 0 saturated carbocycles. The number of rotatable bonds is 14. The summed E-state index contributed by atoms with van der Waals surface area (Å²) >= 11 is 0. The van der Waals surface area contributed by atoms with Gasteiger partial charge in [-0.1, -0.05) is 26.0 Å². The standard InChI is InChI=1S/C18H33NO5.K/c1-4-5-6-7-8-9-10-19(11-12-20,13-15(2)17(21)22)14-16(3)18(23)24;/h5-6,15-16,20H,4,7-14H2,1-3H3,(H-,21,22,23,24);/q;+1/b6-5+;. The van der Waals surface area contributed by atoms with Crippen LogP contribution in [0.3, 0.4) is 0 Å². The van der Waals surface area contributed by atoms with Gasteiger partial charge in [0.1, 0.15) is 12.5 Å². The molecule has 0 aliphatic rings. The summed E-state index contributed by atoms with van der Waals surface area (Å²) in [7, 11) is 0. The number of hydrogen-bond donors (Lipinski definition) is 2. The van der Waals surface area contributed by atoms with Crippen molar-refractivity contribution in [2.75, 3.05) is 32.8 Å². The summed E-state index contributed by atoms with van der Waals surface area (Å²) < 4.78 is 0.302. The number of aliphatic carboxylic acids is 2. The minimum atomic E-state index is -1.13. The summed E-state index contributed by atoms with van der Waals surface area (Å²) in [5.74, 6) is -3.31. The van der Waals surface area contributed by atoms with Gasteiger partial charge in [0.2, 0.25) is 0 Å². The molecule has 25 heavy (non-hydrogen) atoms. The average molecular weight is 383 g/mol. The van der Waals surface area contributed by atoms with Crippen LogP contribution in [0.1, 0.15) is 46.5 Å². The Labute approximate surface area is 194 Å². The number of allylic oxidation sites excluding steroid dienone is 2. The predicted octanol–water partition coefficient (Wildman–Crippen LogP) is -1.96. The fourth-order valence-corrected chi connectivity index (χ4v) is 3.07. The van der Waals surface area contributed by atoms with Gasteiger partial charge in [-0.2, -0.15) is 0 Å². The Hall–Kier alpha value is 0.236. The number of aliphatic hydroxyl groups excluding tert-OH is 1. The molecule has 0 aromatic heterocycles. The van der Waals surface area contributed by atoms with Gasteiger partial charge in [0.15, 0.2) is 0 Å². The molecule has 3 unspecified atom stereocenters. The van der Waals surface area contributed by atoms with Crippen molar-refractivity contribution in [1.29, 1.82) is 0 Å². The number of carbonyl (C=O) groups excluding carboxylic acids is 1. The maximum Gasteiger partial charge on any atom is 1.00 e. The Morgan fingerprint density at radius 2 is 1.68 bits per heavy atom. The molecule has 0 spiro atoms. The molecule has 0 aliphatic heterocycles. The fraction of sp³-hybridized carbons (Fsp3) is 0.778. The van der Waals surface area contributed by atoms with Gasteiger partial charge < -0.3 is 24.6 Å². The molecule has 0 aromatic carbocycles. The van der Waals surface area contributed by atoms with E-state index in [9.17, 15) is 24.9 Å². The van der Waals surface area contributed by atoms with Gasteiger partial charge in [0.25, 0.3) is 0 Å². The maximum atomic E-state index is 11.2. The fourth-order valence-electron chi connectivity index (χ4n) is 3.07. The molecule has 2 N–H and O–H groups in total. The van der Waals surface area contributed by atoms with Crippen molar-refractivity contribution in [3.05, 3.63) is 12.2 Å². The van der Waals surface area contributed by atoms with E-state index < -0.39 is 23.8 Å². The third-order valence-corrected chi connectivity index (χ3v) is 4.38. The second kappa shape index (κ2) is 15.3. The van der Waals surface area contributed by atoms with Crippen LogP contribution in [0.25, 0.3) is 0 Å². The molecule has 0 radical (unpaired) electrons. The van der Waals surface area contributed by atoms with Gasteiger partial charge in [-0.25, -0.2) is 0 Å². The Morgan fingerprint density at radius 3 is 2.16 bits per heavy atom. The molecule has 0 heterocycles. The van der Waals surface area contributed by atoms with Gasteiger partial charge in [0.05, 0.1) is 26.2 Å². The van der Waals surface area contributed by atoms with Crippen molar-refractivity contribution in [1.82, 2.24) is 0 Å². The molecule has 0 fully saturated rings. The van der Waals surface area contributed by atoms with E-state index in [2.05, 4.69) is 19.1 Å². The first-order valence-electron chi connectivity index (χ1n) is 8.82. The molecule has 0 bridgehead atoms. The predicted molar refractivity (Wildman–Crippen MR) is 91.1 cm³/mol. The molecule has 0 saturated heterocycles. The van der Waals surface area contributed by atoms with Crippen LogP contribution >= 0.6 is 0 Å². The largest absolute Gasteiger partial charge is 1.00 e. The van der Waals surface area contributed by atoms with Crippen LogP contribution in [-0.4, -0.2) is 59.4 Å². The first-order valence-corrected chi connectivity index (χ1v) is 8.82. The van der Waals surface area contributed by atoms with Crippen LogP contribution in [0.15, 0.2) is 12.2 Å². The van der Waals surface area contributed by atoms with Crippen LogP contribution in [0, 0.1) is 11.8 Å². The van der Waals surface area contributed by atoms with Crippen molar-refractivity contribution >= 4 is 11.9 Å². The smallest absolute Gasteiger partial charge is 0.550 e. The molecule has 0 rings (SSSR count). The summed E-state index contributed by atoms with van der Waals surface area (Å²) in [6.45, 7) is 6.81. The Morgan fingerprint density at radius 1 is 1.08 bits per heavy atom. The van der Waals surface area contributed by atoms with Crippen LogP contribution in [-0.2, 0) is 9.59 Å². The third kappa shape index (κ3) is 12.3. The van der Waals surface area contributed by atoms with E-state index in [1.54, 1.807) is 13.8 Å². The third-order valence-electron chi connectivity index (χ3n) is 4.38. The van der Waals surface area contributed by atoms with Gasteiger partial charge >= 0.3 is 57.4 Å². The quantitative estimate of drug-likeness (QED) is 0.157. The zero-order chi connectivity index (χ0) is 18.6. The molecule has 140 valence electrons. The number of carboxylic acids is 2. The van der Waals surface area contributed by atoms with Crippen LogP contribution < -0.4 is 56.5 Å². The van der Waals surface area contributed by atoms with E-state index in [1.807, 2.05) is 0 Å². The first kappa shape index (κ1) is 27.5. The molecule has 0 aromatic rings. The second-order valence-electron chi connectivity index (χ2n) is 6.71. The Kier molecular flexibility index (Phi) is 16.8. The van der Waals surface area contributed by atoms with E-state index in [-0.39, 0.29) is 64.5 Å². The van der Waals surface area contributed by atoms with Gasteiger partial charge in [-0.05, 0) is 32.6 Å². The van der Waals surface area contributed by atoms with E-state index in [1.165, 1.54) is 0 Å². The average Bonchev–Trinajstić information content (AvgIpc) is 2.50. The normalized spacial score (nSPS) is 16.0. The van der Waals surface area contributed by atoms with Gasteiger partial charge in [-0.3, -0.25) is 4.79 Å². The first-order chi connectivity index (χ1) is 11.3. The summed E-state index contributed by atoms with van der Waals surface area (Å²) in [4.78, 5) is 22.4. The number of hydrogen-bond acceptors (Lipinski definition) is 4. The number of nitrogens with zero attached hydrogens (tertiary/aromatic N) is 1. The summed E-state index contributed by atoms with van der Waals surface area (Å²) in [5, 5.41) is 29.8. The van der Waals surface area contributed by atoms with Gasteiger partial charge in [0, 0.05) is 11.9 Å². The van der Waals surface area contributed by atoms with E-state index in [0.29, 0.717) is 24.1 Å². The number of aliphatic hydroxyl groups is 1. The van der Waals surface area contributed by atoms with E-state index in [0.717, 1.165) is 25.7 Å². The molecular weight excluding hydrogens is 349 g/mol. The SMILES string of the molecule is CC/C=C/CCCC[N+](CCO)(CC(C)C(=O)[O-])CC(C)C(=O)O.[K+]. The van der Waals surface area contributed by atoms with Crippen molar-refractivity contribution < 1.29 is 80.8 Å². The van der Waals surface area contributed by atoms with Crippen molar-refractivity contribution in [3.8, 4) is 0 Å². The minimum Gasteiger partial charge on any atom is -0.550 e.